The number of aliphatic hydroxyl groups is 1. The quantitative estimate of drug-likeness (QED) is 0.322. The van der Waals surface area contributed by atoms with E-state index in [2.05, 4.69) is 10.4 Å². The van der Waals surface area contributed by atoms with E-state index in [0.29, 0.717) is 12.5 Å². The van der Waals surface area contributed by atoms with Crippen molar-refractivity contribution in [2.45, 2.75) is 43.2 Å². The van der Waals surface area contributed by atoms with Gasteiger partial charge in [-0.2, -0.15) is 5.10 Å². The van der Waals surface area contributed by atoms with Crippen molar-refractivity contribution < 1.29 is 37.0 Å². The highest BCUT2D eigenvalue weighted by molar-refractivity contribution is 6.16. The van der Waals surface area contributed by atoms with E-state index in [-0.39, 0.29) is 49.1 Å². The van der Waals surface area contributed by atoms with Gasteiger partial charge >= 0.3 is 0 Å². The molecule has 2 fully saturated rings. The van der Waals surface area contributed by atoms with Crippen molar-refractivity contribution in [2.24, 2.45) is 5.73 Å². The van der Waals surface area contributed by atoms with Crippen LogP contribution < -0.4 is 16.0 Å². The number of benzene rings is 2. The third kappa shape index (κ3) is 5.24. The van der Waals surface area contributed by atoms with Crippen molar-refractivity contribution in [3.8, 4) is 0 Å². The van der Waals surface area contributed by atoms with Crippen LogP contribution in [0.25, 0.3) is 0 Å². The maximum Gasteiger partial charge on any atom is 0.270 e. The maximum atomic E-state index is 14.2. The first-order valence-electron chi connectivity index (χ1n) is 12.2. The number of hydrogen-bond donors (Lipinski definition) is 3. The average molecular weight is 548 g/mol. The molecule has 9 nitrogen and oxygen atoms in total. The van der Waals surface area contributed by atoms with E-state index in [1.165, 1.54) is 10.7 Å². The lowest BCUT2D eigenvalue weighted by atomic mass is 9.94. The fourth-order valence-corrected chi connectivity index (χ4v) is 4.93. The fourth-order valence-electron chi connectivity index (χ4n) is 4.93. The molecular formula is C26H25F4N5O4. The maximum absolute atomic E-state index is 14.2. The molecule has 2 amide bonds. The van der Waals surface area contributed by atoms with Crippen molar-refractivity contribution in [1.29, 1.82) is 0 Å². The Morgan fingerprint density at radius 3 is 2.59 bits per heavy atom. The zero-order valence-corrected chi connectivity index (χ0v) is 20.5. The molecule has 2 saturated heterocycles. The Labute approximate surface area is 220 Å². The second-order valence-corrected chi connectivity index (χ2v) is 9.65. The molecule has 4 atom stereocenters. The minimum atomic E-state index is -2.38. The van der Waals surface area contributed by atoms with E-state index in [0.717, 1.165) is 35.2 Å². The second-order valence-electron chi connectivity index (χ2n) is 9.65. The van der Waals surface area contributed by atoms with Gasteiger partial charge in [0, 0.05) is 49.4 Å². The molecule has 39 heavy (non-hydrogen) atoms. The molecule has 2 aliphatic rings. The van der Waals surface area contributed by atoms with Crippen molar-refractivity contribution in [1.82, 2.24) is 15.1 Å². The molecule has 0 radical (unpaired) electrons. The van der Waals surface area contributed by atoms with Crippen LogP contribution in [0.15, 0.2) is 48.7 Å². The van der Waals surface area contributed by atoms with Gasteiger partial charge in [0.1, 0.15) is 29.4 Å². The number of halogens is 4. The van der Waals surface area contributed by atoms with Crippen molar-refractivity contribution in [2.75, 3.05) is 18.1 Å². The zero-order valence-electron chi connectivity index (χ0n) is 20.5. The number of rotatable bonds is 6. The highest BCUT2D eigenvalue weighted by Gasteiger charge is 2.52. The highest BCUT2D eigenvalue weighted by Crippen LogP contribution is 2.34. The molecule has 1 unspecified atom stereocenters. The van der Waals surface area contributed by atoms with Gasteiger partial charge < -0.3 is 20.9 Å². The molecule has 1 aromatic heterocycles. The largest absolute Gasteiger partial charge is 0.372 e. The van der Waals surface area contributed by atoms with Crippen molar-refractivity contribution >= 4 is 17.6 Å². The SMILES string of the molecule is N[C@H]1C[C@@H](n2ccc(N3CCC(O)(C(=O)NCc4cc(F)cc(F)c4)C3=O)n2)CO[C@@H]1c1cc(F)ccc1F. The van der Waals surface area contributed by atoms with E-state index in [9.17, 15) is 32.3 Å². The first kappa shape index (κ1) is 26.8. The predicted molar refractivity (Wildman–Crippen MR) is 129 cm³/mol. The first-order chi connectivity index (χ1) is 18.5. The molecule has 2 aliphatic heterocycles. The molecule has 3 heterocycles. The number of carbonyl (C=O) groups excluding carboxylic acids is 2. The van der Waals surface area contributed by atoms with E-state index in [1.807, 2.05) is 0 Å². The van der Waals surface area contributed by atoms with Gasteiger partial charge in [0.25, 0.3) is 11.8 Å². The molecule has 2 aromatic carbocycles. The molecule has 0 aliphatic carbocycles. The summed E-state index contributed by atoms with van der Waals surface area (Å²) in [5.74, 6) is -4.58. The summed E-state index contributed by atoms with van der Waals surface area (Å²) in [5.41, 5.74) is 4.00. The number of nitrogens with one attached hydrogen (secondary N) is 1. The minimum absolute atomic E-state index is 0.00401. The molecule has 3 aromatic rings. The van der Waals surface area contributed by atoms with Gasteiger partial charge in [0.05, 0.1) is 12.6 Å². The minimum Gasteiger partial charge on any atom is -0.372 e. The Bertz CT molecular complexity index is 1400. The molecule has 4 N–H and O–H groups in total. The smallest absolute Gasteiger partial charge is 0.270 e. The van der Waals surface area contributed by atoms with Gasteiger partial charge in [0.2, 0.25) is 5.60 Å². The van der Waals surface area contributed by atoms with E-state index in [4.69, 9.17) is 10.5 Å². The third-order valence-corrected chi connectivity index (χ3v) is 6.96. The van der Waals surface area contributed by atoms with Crippen LogP contribution in [0.1, 0.15) is 36.1 Å². The van der Waals surface area contributed by atoms with Crippen LogP contribution in [0, 0.1) is 23.3 Å². The van der Waals surface area contributed by atoms with Crippen LogP contribution in [0.3, 0.4) is 0 Å². The standard InChI is InChI=1S/C26H25F4N5O4/c27-15-1-2-20(30)19(10-15)23-21(31)11-18(13-39-23)35-5-3-22(33-35)34-6-4-26(38,25(34)37)24(36)32-12-14-7-16(28)9-17(29)8-14/h1-3,5,7-10,18,21,23,38H,4,6,11-13,31H2,(H,32,36)/t18-,21+,23-,26?/m1/s1. The summed E-state index contributed by atoms with van der Waals surface area (Å²) in [6.07, 6.45) is 0.843. The molecule has 0 spiro atoms. The summed E-state index contributed by atoms with van der Waals surface area (Å²) in [6, 6.07) is 6.32. The van der Waals surface area contributed by atoms with Crippen molar-refractivity contribution in [3.05, 3.63) is 83.1 Å². The normalized spacial score (nSPS) is 25.2. The van der Waals surface area contributed by atoms with Gasteiger partial charge in [-0.25, -0.2) is 17.6 Å². The predicted octanol–water partition coefficient (Wildman–Crippen LogP) is 2.25. The lowest BCUT2D eigenvalue weighted by Crippen LogP contribution is -2.52. The van der Waals surface area contributed by atoms with Crippen LogP contribution in [-0.4, -0.2) is 51.5 Å². The summed E-state index contributed by atoms with van der Waals surface area (Å²) in [6.45, 7) is -0.202. The van der Waals surface area contributed by atoms with E-state index >= 15 is 0 Å². The highest BCUT2D eigenvalue weighted by atomic mass is 19.1. The van der Waals surface area contributed by atoms with Crippen LogP contribution >= 0.6 is 0 Å². The number of ether oxygens (including phenoxy) is 1. The van der Waals surface area contributed by atoms with Gasteiger partial charge in [-0.1, -0.05) is 0 Å². The molecular weight excluding hydrogens is 522 g/mol. The van der Waals surface area contributed by atoms with Gasteiger partial charge in [-0.05, 0) is 42.3 Å². The number of amides is 2. The topological polar surface area (TPSA) is 123 Å². The summed E-state index contributed by atoms with van der Waals surface area (Å²) in [5, 5.41) is 17.6. The Morgan fingerprint density at radius 2 is 1.87 bits per heavy atom. The third-order valence-electron chi connectivity index (χ3n) is 6.96. The van der Waals surface area contributed by atoms with Gasteiger partial charge in [0.15, 0.2) is 5.82 Å². The Morgan fingerprint density at radius 1 is 1.13 bits per heavy atom. The van der Waals surface area contributed by atoms with E-state index in [1.54, 1.807) is 6.20 Å². The van der Waals surface area contributed by atoms with Crippen molar-refractivity contribution in [3.63, 3.8) is 0 Å². The number of carbonyl (C=O) groups is 2. The van der Waals surface area contributed by atoms with Crippen LogP contribution in [0.5, 0.6) is 0 Å². The molecule has 5 rings (SSSR count). The number of nitrogens with two attached hydrogens (primary N) is 1. The van der Waals surface area contributed by atoms with Crippen LogP contribution in [-0.2, 0) is 20.9 Å². The van der Waals surface area contributed by atoms with Crippen LogP contribution in [0.4, 0.5) is 23.4 Å². The molecule has 13 heteroatoms. The summed E-state index contributed by atoms with van der Waals surface area (Å²) >= 11 is 0. The Hall–Kier alpha value is -3.81. The summed E-state index contributed by atoms with van der Waals surface area (Å²) < 4.78 is 61.9. The average Bonchev–Trinajstić information content (AvgIpc) is 3.49. The van der Waals surface area contributed by atoms with E-state index < -0.39 is 52.8 Å². The molecule has 206 valence electrons. The van der Waals surface area contributed by atoms with Crippen LogP contribution in [0.2, 0.25) is 0 Å². The summed E-state index contributed by atoms with van der Waals surface area (Å²) in [7, 11) is 0. The Kier molecular flexibility index (Phi) is 7.14. The number of hydrogen-bond acceptors (Lipinski definition) is 6. The zero-order chi connectivity index (χ0) is 27.9. The van der Waals surface area contributed by atoms with Gasteiger partial charge in [-0.15, -0.1) is 0 Å². The second kappa shape index (κ2) is 10.4. The number of nitrogens with zero attached hydrogens (tertiary/aromatic N) is 3. The fraction of sp³-hybridized carbons (Fsp3) is 0.346. The lowest BCUT2D eigenvalue weighted by molar-refractivity contribution is -0.149. The number of anilines is 1. The Balaban J connectivity index is 1.23. The summed E-state index contributed by atoms with van der Waals surface area (Å²) in [4.78, 5) is 26.9. The number of aromatic nitrogens is 2. The lowest BCUT2D eigenvalue weighted by Gasteiger charge is -2.34. The first-order valence-corrected chi connectivity index (χ1v) is 12.2. The molecule has 0 bridgehead atoms. The molecule has 0 saturated carbocycles. The monoisotopic (exact) mass is 547 g/mol. The van der Waals surface area contributed by atoms with Gasteiger partial charge in [-0.3, -0.25) is 19.2 Å².